The molecule has 3 heterocycles. The fourth-order valence-corrected chi connectivity index (χ4v) is 6.41. The van der Waals surface area contributed by atoms with Crippen LogP contribution >= 0.6 is 0 Å². The molecular formula is C28H39N5O3. The zero-order chi connectivity index (χ0) is 25.1. The first-order valence-electron chi connectivity index (χ1n) is 13.4. The highest BCUT2D eigenvalue weighted by Gasteiger charge is 2.44. The van der Waals surface area contributed by atoms with E-state index >= 15 is 0 Å². The minimum atomic E-state index is -0.277. The predicted octanol–water partition coefficient (Wildman–Crippen LogP) is 2.96. The molecule has 0 bridgehead atoms. The molecule has 2 aliphatic heterocycles. The standard InChI is InChI=1S/C28H39N5O3/c1-3-9-32-19-21(16-23-22-7-5-8-24-26(22)20(18-30-24)17-25(23)32)27(34)33(28(35)29-4-2)11-6-10-31-12-14-36-15-13-31/h3,5,7-8,18,21,23,25,30H,1,4,6,9-17,19H2,2H3,(H,29,35)/t21-,23-,25-/m1/s1. The highest BCUT2D eigenvalue weighted by Crippen LogP contribution is 2.45. The highest BCUT2D eigenvalue weighted by molar-refractivity contribution is 5.96. The second-order valence-corrected chi connectivity index (χ2v) is 10.3. The van der Waals surface area contributed by atoms with E-state index < -0.39 is 0 Å². The molecule has 0 saturated carbocycles. The van der Waals surface area contributed by atoms with Gasteiger partial charge in [0.15, 0.2) is 0 Å². The Labute approximate surface area is 213 Å². The zero-order valence-electron chi connectivity index (χ0n) is 21.4. The first-order valence-corrected chi connectivity index (χ1v) is 13.4. The number of hydrogen-bond acceptors (Lipinski definition) is 5. The number of urea groups is 1. The Kier molecular flexibility index (Phi) is 7.74. The lowest BCUT2D eigenvalue weighted by Crippen LogP contribution is -2.55. The van der Waals surface area contributed by atoms with Crippen LogP contribution in [-0.4, -0.2) is 96.7 Å². The molecule has 1 aliphatic carbocycles. The zero-order valence-corrected chi connectivity index (χ0v) is 21.4. The first-order chi connectivity index (χ1) is 17.6. The van der Waals surface area contributed by atoms with Gasteiger partial charge in [0.2, 0.25) is 5.91 Å². The molecule has 2 N–H and O–H groups in total. The number of aromatic amines is 1. The second-order valence-electron chi connectivity index (χ2n) is 10.3. The maximum Gasteiger partial charge on any atom is 0.324 e. The number of benzene rings is 1. The number of amides is 3. The van der Waals surface area contributed by atoms with Crippen molar-refractivity contribution in [2.75, 3.05) is 59.0 Å². The average molecular weight is 494 g/mol. The van der Waals surface area contributed by atoms with E-state index in [2.05, 4.69) is 51.1 Å². The SMILES string of the molecule is C=CCN1C[C@H](C(=O)N(CCCN2CCOCC2)C(=O)NCC)C[C@@H]2c3cccc4[nH]cc(c34)C[C@H]21. The Bertz CT molecular complexity index is 1090. The van der Waals surface area contributed by atoms with Crippen molar-refractivity contribution in [1.82, 2.24) is 25.0 Å². The highest BCUT2D eigenvalue weighted by atomic mass is 16.5. The summed E-state index contributed by atoms with van der Waals surface area (Å²) in [6.07, 6.45) is 6.57. The van der Waals surface area contributed by atoms with Crippen molar-refractivity contribution in [3.05, 3.63) is 48.2 Å². The van der Waals surface area contributed by atoms with E-state index in [1.54, 1.807) is 0 Å². The molecule has 2 aromatic rings. The molecule has 8 nitrogen and oxygen atoms in total. The van der Waals surface area contributed by atoms with Gasteiger partial charge in [-0.25, -0.2) is 4.79 Å². The van der Waals surface area contributed by atoms with Gasteiger partial charge in [-0.3, -0.25) is 19.5 Å². The summed E-state index contributed by atoms with van der Waals surface area (Å²) in [5.74, 6) is -0.0282. The lowest BCUT2D eigenvalue weighted by atomic mass is 9.72. The van der Waals surface area contributed by atoms with E-state index in [0.29, 0.717) is 25.7 Å². The van der Waals surface area contributed by atoms with Crippen LogP contribution in [0.5, 0.6) is 0 Å². The molecule has 8 heteroatoms. The van der Waals surface area contributed by atoms with Gasteiger partial charge in [0.1, 0.15) is 0 Å². The summed E-state index contributed by atoms with van der Waals surface area (Å²) in [4.78, 5) is 36.6. The van der Waals surface area contributed by atoms with Crippen LogP contribution in [0.4, 0.5) is 4.79 Å². The summed E-state index contributed by atoms with van der Waals surface area (Å²) in [6, 6.07) is 6.51. The number of carbonyl (C=O) groups excluding carboxylic acids is 2. The molecule has 2 fully saturated rings. The Hall–Kier alpha value is -2.68. The Morgan fingerprint density at radius 3 is 2.92 bits per heavy atom. The number of imide groups is 1. The van der Waals surface area contributed by atoms with Crippen LogP contribution in [0.3, 0.4) is 0 Å². The number of rotatable bonds is 8. The number of piperidine rings is 1. The number of ether oxygens (including phenoxy) is 1. The number of fused-ring (bicyclic) bond motifs is 2. The van der Waals surface area contributed by atoms with Crippen LogP contribution in [0.25, 0.3) is 10.9 Å². The van der Waals surface area contributed by atoms with Crippen LogP contribution in [0.2, 0.25) is 0 Å². The number of morpholine rings is 1. The van der Waals surface area contributed by atoms with Gasteiger partial charge in [0.25, 0.3) is 0 Å². The topological polar surface area (TPSA) is 80.9 Å². The fourth-order valence-electron chi connectivity index (χ4n) is 6.41. The lowest BCUT2D eigenvalue weighted by molar-refractivity contribution is -0.135. The molecule has 194 valence electrons. The van der Waals surface area contributed by atoms with Gasteiger partial charge < -0.3 is 15.0 Å². The van der Waals surface area contributed by atoms with Gasteiger partial charge in [-0.05, 0) is 43.4 Å². The number of carbonyl (C=O) groups is 2. The number of aromatic nitrogens is 1. The molecule has 0 unspecified atom stereocenters. The van der Waals surface area contributed by atoms with Crippen molar-refractivity contribution in [3.63, 3.8) is 0 Å². The summed E-state index contributed by atoms with van der Waals surface area (Å²) in [6.45, 7) is 12.4. The van der Waals surface area contributed by atoms with Gasteiger partial charge in [0, 0.05) is 74.9 Å². The third-order valence-electron chi connectivity index (χ3n) is 8.09. The smallest absolute Gasteiger partial charge is 0.324 e. The second kappa shape index (κ2) is 11.2. The summed E-state index contributed by atoms with van der Waals surface area (Å²) < 4.78 is 5.44. The molecule has 36 heavy (non-hydrogen) atoms. The summed E-state index contributed by atoms with van der Waals surface area (Å²) >= 11 is 0. The molecule has 5 rings (SSSR count). The van der Waals surface area contributed by atoms with E-state index in [-0.39, 0.29) is 23.8 Å². The van der Waals surface area contributed by atoms with Crippen molar-refractivity contribution in [2.45, 2.75) is 38.1 Å². The minimum absolute atomic E-state index is 0.0533. The number of nitrogens with one attached hydrogen (secondary N) is 2. The molecular weight excluding hydrogens is 454 g/mol. The quantitative estimate of drug-likeness (QED) is 0.553. The number of likely N-dealkylation sites (tertiary alicyclic amines) is 1. The summed E-state index contributed by atoms with van der Waals surface area (Å²) in [7, 11) is 0. The Morgan fingerprint density at radius 2 is 2.14 bits per heavy atom. The van der Waals surface area contributed by atoms with Crippen molar-refractivity contribution < 1.29 is 14.3 Å². The van der Waals surface area contributed by atoms with Crippen molar-refractivity contribution in [2.24, 2.45) is 5.92 Å². The third kappa shape index (κ3) is 4.94. The van der Waals surface area contributed by atoms with E-state index in [4.69, 9.17) is 4.74 Å². The van der Waals surface area contributed by atoms with E-state index in [0.717, 1.165) is 64.2 Å². The Balaban J connectivity index is 1.35. The summed E-state index contributed by atoms with van der Waals surface area (Å²) in [5.41, 5.74) is 3.84. The van der Waals surface area contributed by atoms with Crippen molar-refractivity contribution in [1.29, 1.82) is 0 Å². The first kappa shape index (κ1) is 25.0. The van der Waals surface area contributed by atoms with Crippen LogP contribution in [0.1, 0.15) is 36.8 Å². The van der Waals surface area contributed by atoms with Gasteiger partial charge >= 0.3 is 6.03 Å². The number of hydrogen-bond donors (Lipinski definition) is 2. The van der Waals surface area contributed by atoms with Gasteiger partial charge in [-0.1, -0.05) is 18.2 Å². The number of nitrogens with zero attached hydrogens (tertiary/aromatic N) is 3. The maximum atomic E-state index is 13.9. The number of H-pyrrole nitrogens is 1. The van der Waals surface area contributed by atoms with Crippen LogP contribution in [-0.2, 0) is 16.0 Å². The third-order valence-corrected chi connectivity index (χ3v) is 8.09. The lowest BCUT2D eigenvalue weighted by Gasteiger charge is -2.47. The normalized spacial score (nSPS) is 24.3. The van der Waals surface area contributed by atoms with Gasteiger partial charge in [-0.15, -0.1) is 6.58 Å². The van der Waals surface area contributed by atoms with Gasteiger partial charge in [-0.2, -0.15) is 0 Å². The van der Waals surface area contributed by atoms with E-state index in [9.17, 15) is 9.59 Å². The molecule has 1 aromatic carbocycles. The van der Waals surface area contributed by atoms with Crippen LogP contribution in [0.15, 0.2) is 37.1 Å². The van der Waals surface area contributed by atoms with Crippen LogP contribution < -0.4 is 5.32 Å². The molecule has 0 spiro atoms. The maximum absolute atomic E-state index is 13.9. The monoisotopic (exact) mass is 493 g/mol. The van der Waals surface area contributed by atoms with Crippen LogP contribution in [0, 0.1) is 5.92 Å². The van der Waals surface area contributed by atoms with Crippen molar-refractivity contribution in [3.8, 4) is 0 Å². The minimum Gasteiger partial charge on any atom is -0.379 e. The molecule has 3 atom stereocenters. The predicted molar refractivity (Wildman–Crippen MR) is 141 cm³/mol. The van der Waals surface area contributed by atoms with E-state index in [1.807, 2.05) is 13.0 Å². The largest absolute Gasteiger partial charge is 0.379 e. The van der Waals surface area contributed by atoms with Gasteiger partial charge in [0.05, 0.1) is 19.1 Å². The van der Waals surface area contributed by atoms with Crippen molar-refractivity contribution >= 4 is 22.8 Å². The molecule has 3 amide bonds. The molecule has 0 radical (unpaired) electrons. The summed E-state index contributed by atoms with van der Waals surface area (Å²) in [5, 5.41) is 4.19. The average Bonchev–Trinajstić information content (AvgIpc) is 3.31. The molecule has 1 aromatic heterocycles. The molecule has 2 saturated heterocycles. The Morgan fingerprint density at radius 1 is 1.31 bits per heavy atom. The molecule has 3 aliphatic rings. The fraction of sp³-hybridized carbons (Fsp3) is 0.571. The van der Waals surface area contributed by atoms with E-state index in [1.165, 1.54) is 21.4 Å².